The number of aliphatic hydroxyl groups excluding tert-OH is 1. The topological polar surface area (TPSA) is 35.5 Å². The molecule has 1 atom stereocenters. The fourth-order valence-corrected chi connectivity index (χ4v) is 3.02. The maximum atomic E-state index is 14.1. The second kappa shape index (κ2) is 6.10. The molecule has 2 aliphatic rings. The van der Waals surface area contributed by atoms with Gasteiger partial charge in [0, 0.05) is 43.5 Å². The second-order valence-electron chi connectivity index (χ2n) is 6.01. The smallest absolute Gasteiger partial charge is 0.129 e. The summed E-state index contributed by atoms with van der Waals surface area (Å²) in [5.74, 6) is 0.425. The third-order valence-corrected chi connectivity index (χ3v) is 4.40. The zero-order valence-electron chi connectivity index (χ0n) is 11.8. The molecule has 0 bridgehead atoms. The van der Waals surface area contributed by atoms with Crippen molar-refractivity contribution in [1.82, 2.24) is 5.32 Å². The highest BCUT2D eigenvalue weighted by Gasteiger charge is 2.26. The van der Waals surface area contributed by atoms with Gasteiger partial charge in [-0.25, -0.2) is 4.39 Å². The number of anilines is 1. The van der Waals surface area contributed by atoms with Crippen LogP contribution in [0.2, 0.25) is 0 Å². The van der Waals surface area contributed by atoms with Crippen molar-refractivity contribution < 1.29 is 9.50 Å². The first-order valence-electron chi connectivity index (χ1n) is 7.64. The molecule has 1 saturated heterocycles. The third-order valence-electron chi connectivity index (χ3n) is 4.40. The summed E-state index contributed by atoms with van der Waals surface area (Å²) in [6, 6.07) is 5.95. The van der Waals surface area contributed by atoms with Gasteiger partial charge in [-0.3, -0.25) is 0 Å². The predicted octanol–water partition coefficient (Wildman–Crippen LogP) is 2.29. The molecular weight excluding hydrogens is 255 g/mol. The van der Waals surface area contributed by atoms with Crippen LogP contribution < -0.4 is 10.2 Å². The Morgan fingerprint density at radius 1 is 1.30 bits per heavy atom. The summed E-state index contributed by atoms with van der Waals surface area (Å²) in [4.78, 5) is 2.27. The number of aliphatic hydroxyl groups is 1. The van der Waals surface area contributed by atoms with E-state index in [4.69, 9.17) is 5.11 Å². The van der Waals surface area contributed by atoms with Gasteiger partial charge in [-0.1, -0.05) is 6.07 Å². The lowest BCUT2D eigenvalue weighted by Crippen LogP contribution is -2.24. The van der Waals surface area contributed by atoms with Crippen molar-refractivity contribution in [1.29, 1.82) is 0 Å². The van der Waals surface area contributed by atoms with Crippen molar-refractivity contribution in [3.8, 4) is 0 Å². The Morgan fingerprint density at radius 2 is 2.15 bits per heavy atom. The monoisotopic (exact) mass is 278 g/mol. The Kier molecular flexibility index (Phi) is 4.22. The molecule has 1 heterocycles. The van der Waals surface area contributed by atoms with E-state index in [9.17, 15) is 4.39 Å². The lowest BCUT2D eigenvalue weighted by atomic mass is 10.1. The summed E-state index contributed by atoms with van der Waals surface area (Å²) in [6.07, 6.45) is 4.37. The van der Waals surface area contributed by atoms with Crippen molar-refractivity contribution >= 4 is 5.69 Å². The molecule has 0 spiro atoms. The molecule has 20 heavy (non-hydrogen) atoms. The summed E-state index contributed by atoms with van der Waals surface area (Å²) >= 11 is 0. The molecule has 1 saturated carbocycles. The zero-order chi connectivity index (χ0) is 13.9. The van der Waals surface area contributed by atoms with Crippen LogP contribution in [0.15, 0.2) is 18.2 Å². The summed E-state index contributed by atoms with van der Waals surface area (Å²) < 4.78 is 14.1. The minimum absolute atomic E-state index is 0.110. The molecule has 0 radical (unpaired) electrons. The van der Waals surface area contributed by atoms with E-state index in [0.29, 0.717) is 18.5 Å². The minimum Gasteiger partial charge on any atom is -0.396 e. The SMILES string of the molecule is OCCC1CCN(c2cccc(F)c2CNC2CC2)C1. The molecule has 1 aliphatic carbocycles. The van der Waals surface area contributed by atoms with Gasteiger partial charge in [0.15, 0.2) is 0 Å². The van der Waals surface area contributed by atoms with E-state index in [1.165, 1.54) is 12.8 Å². The first kappa shape index (κ1) is 13.8. The van der Waals surface area contributed by atoms with Gasteiger partial charge in [0.05, 0.1) is 0 Å². The second-order valence-corrected chi connectivity index (χ2v) is 6.01. The Hall–Kier alpha value is -1.13. The fraction of sp³-hybridized carbons (Fsp3) is 0.625. The highest BCUT2D eigenvalue weighted by molar-refractivity contribution is 5.55. The van der Waals surface area contributed by atoms with Crippen LogP contribution in [0.4, 0.5) is 10.1 Å². The minimum atomic E-state index is -0.110. The highest BCUT2D eigenvalue weighted by atomic mass is 19.1. The van der Waals surface area contributed by atoms with E-state index in [1.807, 2.05) is 6.07 Å². The van der Waals surface area contributed by atoms with Crippen molar-refractivity contribution in [2.45, 2.75) is 38.3 Å². The van der Waals surface area contributed by atoms with Crippen LogP contribution in [0.3, 0.4) is 0 Å². The molecular formula is C16H23FN2O. The quantitative estimate of drug-likeness (QED) is 0.838. The number of nitrogens with zero attached hydrogens (tertiary/aromatic N) is 1. The van der Waals surface area contributed by atoms with Gasteiger partial charge in [0.25, 0.3) is 0 Å². The summed E-state index contributed by atoms with van der Waals surface area (Å²) in [5, 5.41) is 12.5. The fourth-order valence-electron chi connectivity index (χ4n) is 3.02. The first-order valence-corrected chi connectivity index (χ1v) is 7.64. The number of hydrogen-bond donors (Lipinski definition) is 2. The standard InChI is InChI=1S/C16H23FN2O/c17-15-2-1-3-16(14(15)10-18-13-4-5-13)19-8-6-12(11-19)7-9-20/h1-3,12-13,18,20H,4-11H2. The molecule has 0 amide bonds. The summed E-state index contributed by atoms with van der Waals surface area (Å²) in [7, 11) is 0. The van der Waals surface area contributed by atoms with E-state index >= 15 is 0 Å². The van der Waals surface area contributed by atoms with Crippen molar-refractivity contribution in [2.75, 3.05) is 24.6 Å². The number of benzene rings is 1. The Morgan fingerprint density at radius 3 is 2.90 bits per heavy atom. The molecule has 2 fully saturated rings. The van der Waals surface area contributed by atoms with E-state index in [2.05, 4.69) is 10.2 Å². The van der Waals surface area contributed by atoms with E-state index in [1.54, 1.807) is 12.1 Å². The van der Waals surface area contributed by atoms with Crippen LogP contribution in [0, 0.1) is 11.7 Å². The number of rotatable bonds is 6. The van der Waals surface area contributed by atoms with Crippen LogP contribution in [-0.4, -0.2) is 30.8 Å². The van der Waals surface area contributed by atoms with Crippen LogP contribution in [-0.2, 0) is 6.54 Å². The lowest BCUT2D eigenvalue weighted by Gasteiger charge is -2.23. The van der Waals surface area contributed by atoms with Gasteiger partial charge in [-0.15, -0.1) is 0 Å². The first-order chi connectivity index (χ1) is 9.78. The predicted molar refractivity (Wildman–Crippen MR) is 78.3 cm³/mol. The molecule has 3 nitrogen and oxygen atoms in total. The summed E-state index contributed by atoms with van der Waals surface area (Å²) in [5.41, 5.74) is 1.82. The molecule has 1 aliphatic heterocycles. The van der Waals surface area contributed by atoms with Crippen LogP contribution in [0.1, 0.15) is 31.2 Å². The average Bonchev–Trinajstić information content (AvgIpc) is 3.16. The molecule has 4 heteroatoms. The molecule has 1 unspecified atom stereocenters. The maximum absolute atomic E-state index is 14.1. The number of nitrogens with one attached hydrogen (secondary N) is 1. The highest BCUT2D eigenvalue weighted by Crippen LogP contribution is 2.30. The van der Waals surface area contributed by atoms with E-state index in [0.717, 1.165) is 37.2 Å². The van der Waals surface area contributed by atoms with Crippen molar-refractivity contribution in [3.63, 3.8) is 0 Å². The van der Waals surface area contributed by atoms with Gasteiger partial charge >= 0.3 is 0 Å². The van der Waals surface area contributed by atoms with Crippen molar-refractivity contribution in [3.05, 3.63) is 29.6 Å². The molecule has 110 valence electrons. The van der Waals surface area contributed by atoms with E-state index < -0.39 is 0 Å². The van der Waals surface area contributed by atoms with E-state index in [-0.39, 0.29) is 12.4 Å². The van der Waals surface area contributed by atoms with Gasteiger partial charge in [-0.2, -0.15) is 0 Å². The number of halogens is 1. The van der Waals surface area contributed by atoms with Gasteiger partial charge < -0.3 is 15.3 Å². The largest absolute Gasteiger partial charge is 0.396 e. The molecule has 2 N–H and O–H groups in total. The molecule has 1 aromatic carbocycles. The molecule has 1 aromatic rings. The van der Waals surface area contributed by atoms with Gasteiger partial charge in [0.2, 0.25) is 0 Å². The van der Waals surface area contributed by atoms with Gasteiger partial charge in [0.1, 0.15) is 5.82 Å². The van der Waals surface area contributed by atoms with Gasteiger partial charge in [-0.05, 0) is 43.7 Å². The van der Waals surface area contributed by atoms with Crippen LogP contribution >= 0.6 is 0 Å². The summed E-state index contributed by atoms with van der Waals surface area (Å²) in [6.45, 7) is 2.76. The third kappa shape index (κ3) is 3.13. The zero-order valence-corrected chi connectivity index (χ0v) is 11.8. The Labute approximate surface area is 119 Å². The Bertz CT molecular complexity index is 462. The molecule has 0 aromatic heterocycles. The lowest BCUT2D eigenvalue weighted by molar-refractivity contribution is 0.263. The normalized spacial score (nSPS) is 22.5. The van der Waals surface area contributed by atoms with Crippen LogP contribution in [0.5, 0.6) is 0 Å². The number of hydrogen-bond acceptors (Lipinski definition) is 3. The van der Waals surface area contributed by atoms with Crippen molar-refractivity contribution in [2.24, 2.45) is 5.92 Å². The Balaban J connectivity index is 1.72. The maximum Gasteiger partial charge on any atom is 0.129 e. The van der Waals surface area contributed by atoms with Crippen LogP contribution in [0.25, 0.3) is 0 Å². The average molecular weight is 278 g/mol. The molecule has 3 rings (SSSR count).